The van der Waals surface area contributed by atoms with Crippen molar-refractivity contribution in [2.24, 2.45) is 0 Å². The van der Waals surface area contributed by atoms with Gasteiger partial charge in [-0.2, -0.15) is 0 Å². The molecule has 1 atom stereocenters. The lowest BCUT2D eigenvalue weighted by Crippen LogP contribution is -2.36. The molecular weight excluding hydrogens is 329 g/mol. The Balaban J connectivity index is 2.02. The molecular formula is C18H18FNO5. The van der Waals surface area contributed by atoms with Crippen LogP contribution < -0.4 is 14.8 Å². The van der Waals surface area contributed by atoms with Crippen LogP contribution in [0.1, 0.15) is 22.8 Å². The number of methoxy groups -OCH3 is 1. The molecule has 1 amide bonds. The van der Waals surface area contributed by atoms with E-state index in [1.165, 1.54) is 44.4 Å². The second kappa shape index (κ2) is 8.14. The molecule has 0 aliphatic carbocycles. The normalized spacial score (nSPS) is 11.5. The maximum absolute atomic E-state index is 12.9. The van der Waals surface area contributed by atoms with Gasteiger partial charge in [0.05, 0.1) is 7.11 Å². The first-order valence-electron chi connectivity index (χ1n) is 7.51. The van der Waals surface area contributed by atoms with E-state index in [1.54, 1.807) is 12.1 Å². The predicted molar refractivity (Wildman–Crippen MR) is 88.3 cm³/mol. The zero-order valence-electron chi connectivity index (χ0n) is 13.8. The molecule has 0 aromatic heterocycles. The van der Waals surface area contributed by atoms with Gasteiger partial charge in [0.2, 0.25) is 0 Å². The molecule has 2 aromatic rings. The van der Waals surface area contributed by atoms with E-state index in [0.29, 0.717) is 5.75 Å². The monoisotopic (exact) mass is 347 g/mol. The quantitative estimate of drug-likeness (QED) is 0.804. The highest BCUT2D eigenvalue weighted by Gasteiger charge is 2.19. The van der Waals surface area contributed by atoms with Crippen LogP contribution in [0, 0.1) is 5.82 Å². The van der Waals surface area contributed by atoms with E-state index in [0.717, 1.165) is 5.56 Å². The minimum Gasteiger partial charge on any atom is -0.497 e. The fourth-order valence-electron chi connectivity index (χ4n) is 2.08. The van der Waals surface area contributed by atoms with Crippen LogP contribution in [0.2, 0.25) is 0 Å². The summed E-state index contributed by atoms with van der Waals surface area (Å²) in [5.74, 6) is -1.50. The Morgan fingerprint density at radius 3 is 2.48 bits per heavy atom. The van der Waals surface area contributed by atoms with Gasteiger partial charge in [-0.15, -0.1) is 0 Å². The van der Waals surface area contributed by atoms with Gasteiger partial charge >= 0.3 is 5.97 Å². The molecule has 132 valence electrons. The Bertz CT molecular complexity index is 761. The second-order valence-corrected chi connectivity index (χ2v) is 5.27. The molecule has 0 saturated heterocycles. The summed E-state index contributed by atoms with van der Waals surface area (Å²) >= 11 is 0. The van der Waals surface area contributed by atoms with Gasteiger partial charge in [0.25, 0.3) is 5.91 Å². The van der Waals surface area contributed by atoms with Gasteiger partial charge in [-0.3, -0.25) is 4.79 Å². The highest BCUT2D eigenvalue weighted by molar-refractivity contribution is 5.91. The molecule has 0 saturated carbocycles. The summed E-state index contributed by atoms with van der Waals surface area (Å²) < 4.78 is 23.4. The van der Waals surface area contributed by atoms with Gasteiger partial charge < -0.3 is 19.9 Å². The number of aromatic carboxylic acids is 1. The number of carbonyl (C=O) groups is 2. The first-order valence-corrected chi connectivity index (χ1v) is 7.51. The molecule has 0 unspecified atom stereocenters. The SMILES string of the molecule is COc1ccc(C(=O)O)c(O[C@@H](C)C(=O)NCc2ccc(F)cc2)c1. The van der Waals surface area contributed by atoms with Crippen LogP contribution in [0.25, 0.3) is 0 Å². The molecule has 2 N–H and O–H groups in total. The van der Waals surface area contributed by atoms with Gasteiger partial charge in [-0.1, -0.05) is 12.1 Å². The van der Waals surface area contributed by atoms with E-state index in [4.69, 9.17) is 9.47 Å². The Morgan fingerprint density at radius 2 is 1.88 bits per heavy atom. The number of nitrogens with one attached hydrogen (secondary N) is 1. The number of carboxylic acid groups (broad SMARTS) is 1. The van der Waals surface area contributed by atoms with E-state index in [1.807, 2.05) is 0 Å². The molecule has 0 aliphatic rings. The Hall–Kier alpha value is -3.09. The highest BCUT2D eigenvalue weighted by Crippen LogP contribution is 2.26. The van der Waals surface area contributed by atoms with E-state index in [9.17, 15) is 19.1 Å². The summed E-state index contributed by atoms with van der Waals surface area (Å²) in [6, 6.07) is 9.98. The molecule has 6 nitrogen and oxygen atoms in total. The lowest BCUT2D eigenvalue weighted by molar-refractivity contribution is -0.127. The maximum atomic E-state index is 12.9. The molecule has 0 heterocycles. The van der Waals surface area contributed by atoms with Crippen LogP contribution in [-0.2, 0) is 11.3 Å². The summed E-state index contributed by atoms with van der Waals surface area (Å²) in [7, 11) is 1.44. The minimum atomic E-state index is -1.17. The number of hydrogen-bond acceptors (Lipinski definition) is 4. The van der Waals surface area contributed by atoms with Crippen molar-refractivity contribution in [1.29, 1.82) is 0 Å². The maximum Gasteiger partial charge on any atom is 0.339 e. The zero-order valence-corrected chi connectivity index (χ0v) is 13.8. The number of carbonyl (C=O) groups excluding carboxylic acids is 1. The van der Waals surface area contributed by atoms with Crippen molar-refractivity contribution in [1.82, 2.24) is 5.32 Å². The third kappa shape index (κ3) is 4.94. The van der Waals surface area contributed by atoms with Gasteiger partial charge in [0.1, 0.15) is 22.9 Å². The molecule has 25 heavy (non-hydrogen) atoms. The van der Waals surface area contributed by atoms with Crippen molar-refractivity contribution in [2.45, 2.75) is 19.6 Å². The van der Waals surface area contributed by atoms with E-state index in [-0.39, 0.29) is 23.7 Å². The summed E-state index contributed by atoms with van der Waals surface area (Å²) in [6.07, 6.45) is -0.925. The van der Waals surface area contributed by atoms with Gasteiger partial charge in [0.15, 0.2) is 6.10 Å². The largest absolute Gasteiger partial charge is 0.497 e. The Labute approximate surface area is 144 Å². The molecule has 0 radical (unpaired) electrons. The Kier molecular flexibility index (Phi) is 5.94. The van der Waals surface area contributed by atoms with Crippen LogP contribution in [0.15, 0.2) is 42.5 Å². The zero-order chi connectivity index (χ0) is 18.4. The third-order valence-electron chi connectivity index (χ3n) is 3.47. The molecule has 0 spiro atoms. The average Bonchev–Trinajstić information content (AvgIpc) is 2.60. The molecule has 7 heteroatoms. The van der Waals surface area contributed by atoms with E-state index < -0.39 is 18.0 Å². The fraction of sp³-hybridized carbons (Fsp3) is 0.222. The summed E-state index contributed by atoms with van der Waals surface area (Å²) in [5, 5.41) is 11.9. The van der Waals surface area contributed by atoms with Gasteiger partial charge in [-0.05, 0) is 36.8 Å². The molecule has 0 fully saturated rings. The van der Waals surface area contributed by atoms with Crippen molar-refractivity contribution in [3.05, 3.63) is 59.4 Å². The fourth-order valence-corrected chi connectivity index (χ4v) is 2.08. The first kappa shape index (κ1) is 18.3. The standard InChI is InChI=1S/C18H18FNO5/c1-11(17(21)20-10-12-3-5-13(19)6-4-12)25-16-9-14(24-2)7-8-15(16)18(22)23/h3-9,11H,10H2,1-2H3,(H,20,21)(H,22,23)/t11-/m0/s1. The number of amides is 1. The number of benzene rings is 2. The summed E-state index contributed by atoms with van der Waals surface area (Å²) in [5.41, 5.74) is 0.661. The van der Waals surface area contributed by atoms with Crippen LogP contribution in [0.5, 0.6) is 11.5 Å². The summed E-state index contributed by atoms with van der Waals surface area (Å²) in [6.45, 7) is 1.71. The number of hydrogen-bond donors (Lipinski definition) is 2. The molecule has 0 bridgehead atoms. The van der Waals surface area contributed by atoms with E-state index >= 15 is 0 Å². The number of ether oxygens (including phenoxy) is 2. The predicted octanol–water partition coefficient (Wildman–Crippen LogP) is 2.62. The number of carboxylic acids is 1. The van der Waals surface area contributed by atoms with E-state index in [2.05, 4.69) is 5.32 Å². The van der Waals surface area contributed by atoms with Crippen molar-refractivity contribution in [2.75, 3.05) is 7.11 Å². The Morgan fingerprint density at radius 1 is 1.20 bits per heavy atom. The topological polar surface area (TPSA) is 84.9 Å². The lowest BCUT2D eigenvalue weighted by atomic mass is 10.2. The first-order chi connectivity index (χ1) is 11.9. The molecule has 2 aromatic carbocycles. The number of halogens is 1. The van der Waals surface area contributed by atoms with Crippen molar-refractivity contribution in [3.63, 3.8) is 0 Å². The van der Waals surface area contributed by atoms with Crippen LogP contribution >= 0.6 is 0 Å². The van der Waals surface area contributed by atoms with Crippen molar-refractivity contribution < 1.29 is 28.6 Å². The molecule has 0 aliphatic heterocycles. The second-order valence-electron chi connectivity index (χ2n) is 5.27. The minimum absolute atomic E-state index is 0.0382. The average molecular weight is 347 g/mol. The summed E-state index contributed by atoms with van der Waals surface area (Å²) in [4.78, 5) is 23.4. The van der Waals surface area contributed by atoms with Crippen LogP contribution in [-0.4, -0.2) is 30.2 Å². The van der Waals surface area contributed by atoms with Gasteiger partial charge in [0, 0.05) is 12.6 Å². The van der Waals surface area contributed by atoms with Crippen LogP contribution in [0.4, 0.5) is 4.39 Å². The smallest absolute Gasteiger partial charge is 0.339 e. The highest BCUT2D eigenvalue weighted by atomic mass is 19.1. The van der Waals surface area contributed by atoms with Crippen molar-refractivity contribution >= 4 is 11.9 Å². The van der Waals surface area contributed by atoms with Gasteiger partial charge in [-0.25, -0.2) is 9.18 Å². The number of rotatable bonds is 7. The lowest BCUT2D eigenvalue weighted by Gasteiger charge is -2.17. The van der Waals surface area contributed by atoms with Crippen LogP contribution in [0.3, 0.4) is 0 Å². The third-order valence-corrected chi connectivity index (χ3v) is 3.47. The van der Waals surface area contributed by atoms with Crippen molar-refractivity contribution in [3.8, 4) is 11.5 Å². The molecule has 2 rings (SSSR count).